The van der Waals surface area contributed by atoms with E-state index in [4.69, 9.17) is 9.26 Å². The molecule has 0 aliphatic heterocycles. The Bertz CT molecular complexity index is 659. The van der Waals surface area contributed by atoms with Gasteiger partial charge in [-0.2, -0.15) is 0 Å². The van der Waals surface area contributed by atoms with Crippen LogP contribution in [0.5, 0.6) is 0 Å². The van der Waals surface area contributed by atoms with Crippen molar-refractivity contribution < 1.29 is 19.2 Å². The fraction of sp³-hybridized carbons (Fsp3) is 0.444. The number of carbonyl (C=O) groups is 1. The van der Waals surface area contributed by atoms with Gasteiger partial charge in [0.15, 0.2) is 5.82 Å². The number of rotatable bonds is 9. The lowest BCUT2D eigenvalue weighted by molar-refractivity contribution is -0.121. The molecule has 0 spiro atoms. The van der Waals surface area contributed by atoms with Crippen LogP contribution in [0.3, 0.4) is 0 Å². The second-order valence-electron chi connectivity index (χ2n) is 6.08. The smallest absolute Gasteiger partial charge is 0.242 e. The highest BCUT2D eigenvalue weighted by Crippen LogP contribution is 2.09. The number of amides is 1. The molecule has 0 saturated heterocycles. The molecular formula is C18H25N3O4. The van der Waals surface area contributed by atoms with Crippen molar-refractivity contribution in [2.24, 2.45) is 0 Å². The first-order chi connectivity index (χ1) is 12.0. The van der Waals surface area contributed by atoms with E-state index in [-0.39, 0.29) is 12.5 Å². The molecule has 7 heteroatoms. The van der Waals surface area contributed by atoms with Gasteiger partial charge in [0.25, 0.3) is 0 Å². The second-order valence-corrected chi connectivity index (χ2v) is 6.08. The summed E-state index contributed by atoms with van der Waals surface area (Å²) in [5.74, 6) is 0.796. The van der Waals surface area contributed by atoms with Crippen LogP contribution in [0.25, 0.3) is 0 Å². The lowest BCUT2D eigenvalue weighted by Crippen LogP contribution is -2.44. The number of carbonyl (C=O) groups excluding carboxylic acids is 1. The first kappa shape index (κ1) is 19.1. The molecule has 0 radical (unpaired) electrons. The summed E-state index contributed by atoms with van der Waals surface area (Å²) >= 11 is 0. The molecular weight excluding hydrogens is 322 g/mol. The van der Waals surface area contributed by atoms with Crippen molar-refractivity contribution in [3.63, 3.8) is 0 Å². The van der Waals surface area contributed by atoms with Crippen LogP contribution < -0.4 is 5.32 Å². The molecule has 1 heterocycles. The van der Waals surface area contributed by atoms with Crippen LogP contribution >= 0.6 is 0 Å². The summed E-state index contributed by atoms with van der Waals surface area (Å²) < 4.78 is 10.4. The zero-order valence-corrected chi connectivity index (χ0v) is 14.8. The van der Waals surface area contributed by atoms with E-state index in [1.54, 1.807) is 31.9 Å². The molecule has 0 unspecified atom stereocenters. The van der Waals surface area contributed by atoms with Crippen molar-refractivity contribution >= 4 is 11.7 Å². The molecule has 0 bridgehead atoms. The molecule has 2 aromatic rings. The molecule has 2 N–H and O–H groups in total. The standard InChI is InChI=1S/C18H25N3O4/c1-13-9-17(20-25-13)19-18(23)14(2)21(3)10-16(22)12-24-11-15-7-5-4-6-8-15/h4-9,14,16,22H,10-12H2,1-3H3,(H,19,20,23)/t14-,16-/m1/s1. The van der Waals surface area contributed by atoms with Crippen LogP contribution in [0, 0.1) is 6.92 Å². The number of hydrogen-bond donors (Lipinski definition) is 2. The van der Waals surface area contributed by atoms with Gasteiger partial charge in [-0.15, -0.1) is 0 Å². The molecule has 1 aromatic carbocycles. The largest absolute Gasteiger partial charge is 0.389 e. The van der Waals surface area contributed by atoms with Gasteiger partial charge in [0, 0.05) is 12.6 Å². The number of aromatic nitrogens is 1. The third-order valence-electron chi connectivity index (χ3n) is 3.84. The maximum Gasteiger partial charge on any atom is 0.242 e. The molecule has 136 valence electrons. The van der Waals surface area contributed by atoms with Gasteiger partial charge in [-0.25, -0.2) is 0 Å². The Morgan fingerprint density at radius 3 is 2.76 bits per heavy atom. The van der Waals surface area contributed by atoms with Gasteiger partial charge in [0.2, 0.25) is 5.91 Å². The van der Waals surface area contributed by atoms with E-state index >= 15 is 0 Å². The quantitative estimate of drug-likeness (QED) is 0.719. The third kappa shape index (κ3) is 6.30. The summed E-state index contributed by atoms with van der Waals surface area (Å²) in [4.78, 5) is 14.0. The summed E-state index contributed by atoms with van der Waals surface area (Å²) in [5, 5.41) is 16.5. The topological polar surface area (TPSA) is 87.8 Å². The zero-order chi connectivity index (χ0) is 18.2. The number of ether oxygens (including phenoxy) is 1. The van der Waals surface area contributed by atoms with E-state index < -0.39 is 12.1 Å². The zero-order valence-electron chi connectivity index (χ0n) is 14.8. The van der Waals surface area contributed by atoms with Crippen molar-refractivity contribution in [1.82, 2.24) is 10.1 Å². The number of benzene rings is 1. The van der Waals surface area contributed by atoms with Crippen LogP contribution in [0.4, 0.5) is 5.82 Å². The molecule has 0 aliphatic rings. The van der Waals surface area contributed by atoms with Crippen molar-refractivity contribution in [2.75, 3.05) is 25.5 Å². The fourth-order valence-electron chi connectivity index (χ4n) is 2.29. The molecule has 2 rings (SSSR count). The maximum absolute atomic E-state index is 12.2. The first-order valence-electron chi connectivity index (χ1n) is 8.20. The molecule has 1 amide bonds. The van der Waals surface area contributed by atoms with Crippen molar-refractivity contribution in [1.29, 1.82) is 0 Å². The highest BCUT2D eigenvalue weighted by atomic mass is 16.5. The van der Waals surface area contributed by atoms with Gasteiger partial charge in [-0.1, -0.05) is 35.5 Å². The predicted octanol–water partition coefficient (Wildman–Crippen LogP) is 1.82. The molecule has 0 aliphatic carbocycles. The summed E-state index contributed by atoms with van der Waals surface area (Å²) in [5.41, 5.74) is 1.05. The lowest BCUT2D eigenvalue weighted by atomic mass is 10.2. The Kier molecular flexibility index (Phi) is 7.12. The van der Waals surface area contributed by atoms with Gasteiger partial charge >= 0.3 is 0 Å². The minimum absolute atomic E-state index is 0.204. The highest BCUT2D eigenvalue weighted by molar-refractivity contribution is 5.93. The monoisotopic (exact) mass is 347 g/mol. The average Bonchev–Trinajstić information content (AvgIpc) is 2.99. The van der Waals surface area contributed by atoms with Gasteiger partial charge in [-0.05, 0) is 26.5 Å². The summed E-state index contributed by atoms with van der Waals surface area (Å²) in [6, 6.07) is 11.0. The Balaban J connectivity index is 1.71. The van der Waals surface area contributed by atoms with Crippen molar-refractivity contribution in [3.8, 4) is 0 Å². The molecule has 1 aromatic heterocycles. The van der Waals surface area contributed by atoms with Gasteiger partial charge < -0.3 is 19.7 Å². The number of anilines is 1. The summed E-state index contributed by atoms with van der Waals surface area (Å²) in [6.07, 6.45) is -0.682. The predicted molar refractivity (Wildman–Crippen MR) is 94.1 cm³/mol. The van der Waals surface area contributed by atoms with Crippen LogP contribution in [-0.4, -0.2) is 53.4 Å². The van der Waals surface area contributed by atoms with Crippen LogP contribution in [0.1, 0.15) is 18.2 Å². The van der Waals surface area contributed by atoms with E-state index in [2.05, 4.69) is 10.5 Å². The molecule has 0 saturated carbocycles. The van der Waals surface area contributed by atoms with Crippen LogP contribution in [0.2, 0.25) is 0 Å². The number of nitrogens with zero attached hydrogens (tertiary/aromatic N) is 2. The van der Waals surface area contributed by atoms with Crippen molar-refractivity contribution in [2.45, 2.75) is 32.6 Å². The van der Waals surface area contributed by atoms with E-state index in [0.717, 1.165) is 5.56 Å². The Labute approximate surface area is 147 Å². The number of hydrogen-bond acceptors (Lipinski definition) is 6. The van der Waals surface area contributed by atoms with E-state index in [1.165, 1.54) is 0 Å². The normalized spacial score (nSPS) is 13.6. The number of aryl methyl sites for hydroxylation is 1. The summed E-state index contributed by atoms with van der Waals surface area (Å²) in [6.45, 7) is 4.49. The van der Waals surface area contributed by atoms with Crippen LogP contribution in [0.15, 0.2) is 40.9 Å². The van der Waals surface area contributed by atoms with Crippen LogP contribution in [-0.2, 0) is 16.1 Å². The average molecular weight is 347 g/mol. The Morgan fingerprint density at radius 2 is 2.12 bits per heavy atom. The molecule has 0 fully saturated rings. The number of nitrogens with one attached hydrogen (secondary N) is 1. The second kappa shape index (κ2) is 9.31. The van der Waals surface area contributed by atoms with E-state index in [9.17, 15) is 9.90 Å². The van der Waals surface area contributed by atoms with Gasteiger partial charge in [-0.3, -0.25) is 9.69 Å². The lowest BCUT2D eigenvalue weighted by Gasteiger charge is -2.25. The van der Waals surface area contributed by atoms with E-state index in [1.807, 2.05) is 30.3 Å². The van der Waals surface area contributed by atoms with Gasteiger partial charge in [0.05, 0.1) is 25.4 Å². The Hall–Kier alpha value is -2.22. The fourth-order valence-corrected chi connectivity index (χ4v) is 2.29. The molecule has 7 nitrogen and oxygen atoms in total. The minimum atomic E-state index is -0.682. The number of likely N-dealkylation sites (N-methyl/N-ethyl adjacent to an activating group) is 1. The highest BCUT2D eigenvalue weighted by Gasteiger charge is 2.21. The molecule has 25 heavy (non-hydrogen) atoms. The SMILES string of the molecule is Cc1cc(NC(=O)[C@@H](C)N(C)C[C@@H](O)COCc2ccccc2)no1. The third-order valence-corrected chi connectivity index (χ3v) is 3.84. The van der Waals surface area contributed by atoms with E-state index in [0.29, 0.717) is 24.7 Å². The molecule has 2 atom stereocenters. The maximum atomic E-state index is 12.2. The number of aliphatic hydroxyl groups excluding tert-OH is 1. The van der Waals surface area contributed by atoms with Crippen molar-refractivity contribution in [3.05, 3.63) is 47.7 Å². The Morgan fingerprint density at radius 1 is 1.40 bits per heavy atom. The summed E-state index contributed by atoms with van der Waals surface area (Å²) in [7, 11) is 1.78. The minimum Gasteiger partial charge on any atom is -0.389 e. The van der Waals surface area contributed by atoms with Gasteiger partial charge in [0.1, 0.15) is 5.76 Å². The number of aliphatic hydroxyl groups is 1. The first-order valence-corrected chi connectivity index (χ1v) is 8.20.